The molecule has 1 unspecified atom stereocenters. The highest BCUT2D eigenvalue weighted by Gasteiger charge is 2.44. The molecule has 0 fully saturated rings. The third kappa shape index (κ3) is 2.90. The number of fused-ring (bicyclic) bond motifs is 2. The minimum Gasteiger partial charge on any atom is -0.465 e. The molecule has 152 valence electrons. The Kier molecular flexibility index (Phi) is 4.36. The molecule has 3 heterocycles. The summed E-state index contributed by atoms with van der Waals surface area (Å²) in [5.41, 5.74) is 1.34. The highest BCUT2D eigenvalue weighted by atomic mass is 16.5. The van der Waals surface area contributed by atoms with E-state index in [1.165, 1.54) is 12.0 Å². The molecule has 1 amide bonds. The maximum atomic E-state index is 13.4. The number of para-hydroxylation sites is 1. The van der Waals surface area contributed by atoms with Gasteiger partial charge in [0, 0.05) is 6.20 Å². The first-order chi connectivity index (χ1) is 15.1. The zero-order valence-corrected chi connectivity index (χ0v) is 16.4. The second-order valence-electron chi connectivity index (χ2n) is 7.05. The van der Waals surface area contributed by atoms with Crippen molar-refractivity contribution < 1.29 is 18.7 Å². The van der Waals surface area contributed by atoms with Gasteiger partial charge in [0.15, 0.2) is 5.43 Å². The molecule has 0 N–H and O–H groups in total. The molecule has 1 aliphatic heterocycles. The number of pyridine rings is 1. The van der Waals surface area contributed by atoms with Gasteiger partial charge in [-0.05, 0) is 42.0 Å². The molecule has 0 spiro atoms. The molecule has 0 saturated carbocycles. The highest BCUT2D eigenvalue weighted by molar-refractivity contribution is 6.10. The second-order valence-corrected chi connectivity index (χ2v) is 7.05. The van der Waals surface area contributed by atoms with E-state index in [0.717, 1.165) is 0 Å². The van der Waals surface area contributed by atoms with Crippen LogP contribution < -0.4 is 10.3 Å². The van der Waals surface area contributed by atoms with Crippen LogP contribution in [0.4, 0.5) is 5.82 Å². The van der Waals surface area contributed by atoms with E-state index in [-0.39, 0.29) is 16.8 Å². The van der Waals surface area contributed by atoms with Crippen LogP contribution in [0.15, 0.2) is 82.1 Å². The van der Waals surface area contributed by atoms with Gasteiger partial charge in [-0.15, -0.1) is 0 Å². The average molecular weight is 412 g/mol. The normalized spacial score (nSPS) is 15.2. The molecular formula is C24H16N2O5. The molecule has 7 nitrogen and oxygen atoms in total. The Labute approximate surface area is 176 Å². The van der Waals surface area contributed by atoms with Crippen molar-refractivity contribution in [3.05, 3.63) is 106 Å². The van der Waals surface area contributed by atoms with E-state index in [1.807, 2.05) is 0 Å². The van der Waals surface area contributed by atoms with Crippen LogP contribution in [0.1, 0.15) is 38.1 Å². The Hall–Kier alpha value is -4.26. The van der Waals surface area contributed by atoms with E-state index in [2.05, 4.69) is 4.98 Å². The smallest absolute Gasteiger partial charge is 0.337 e. The van der Waals surface area contributed by atoms with Crippen LogP contribution in [0.3, 0.4) is 0 Å². The minimum absolute atomic E-state index is 0.00334. The summed E-state index contributed by atoms with van der Waals surface area (Å²) in [6.45, 7) is 0. The van der Waals surface area contributed by atoms with Crippen molar-refractivity contribution >= 4 is 28.7 Å². The number of ether oxygens (including phenoxy) is 1. The Morgan fingerprint density at radius 3 is 2.45 bits per heavy atom. The Bertz CT molecular complexity index is 1380. The number of hydrogen-bond acceptors (Lipinski definition) is 6. The van der Waals surface area contributed by atoms with E-state index < -0.39 is 17.9 Å². The van der Waals surface area contributed by atoms with Crippen molar-refractivity contribution in [2.45, 2.75) is 6.04 Å². The van der Waals surface area contributed by atoms with Crippen LogP contribution in [0, 0.1) is 0 Å². The number of esters is 1. The number of carbonyl (C=O) groups is 2. The molecule has 2 aromatic carbocycles. The van der Waals surface area contributed by atoms with E-state index in [9.17, 15) is 14.4 Å². The van der Waals surface area contributed by atoms with Gasteiger partial charge in [0.25, 0.3) is 5.91 Å². The molecule has 2 aromatic heterocycles. The number of amides is 1. The van der Waals surface area contributed by atoms with Crippen LogP contribution >= 0.6 is 0 Å². The fourth-order valence-electron chi connectivity index (χ4n) is 3.89. The second kappa shape index (κ2) is 7.21. The molecule has 0 saturated heterocycles. The van der Waals surface area contributed by atoms with Gasteiger partial charge in [0.05, 0.1) is 29.7 Å². The molecule has 4 aromatic rings. The number of nitrogens with zero attached hydrogens (tertiary/aromatic N) is 2. The van der Waals surface area contributed by atoms with Crippen LogP contribution in [0.5, 0.6) is 0 Å². The summed E-state index contributed by atoms with van der Waals surface area (Å²) in [6.07, 6.45) is 1.58. The number of hydrogen-bond donors (Lipinski definition) is 0. The summed E-state index contributed by atoms with van der Waals surface area (Å²) in [6, 6.07) is 17.9. The Balaban J connectivity index is 1.75. The summed E-state index contributed by atoms with van der Waals surface area (Å²) in [4.78, 5) is 44.4. The number of methoxy groups -OCH3 is 1. The Morgan fingerprint density at radius 2 is 1.74 bits per heavy atom. The van der Waals surface area contributed by atoms with Gasteiger partial charge in [-0.3, -0.25) is 14.5 Å². The van der Waals surface area contributed by atoms with Crippen LogP contribution in [-0.2, 0) is 4.74 Å². The lowest BCUT2D eigenvalue weighted by molar-refractivity contribution is 0.0600. The molecule has 5 rings (SSSR count). The molecule has 1 atom stereocenters. The summed E-state index contributed by atoms with van der Waals surface area (Å²) >= 11 is 0. The van der Waals surface area contributed by atoms with Gasteiger partial charge in [-0.1, -0.05) is 30.3 Å². The van der Waals surface area contributed by atoms with Crippen molar-refractivity contribution in [3.63, 3.8) is 0 Å². The molecular weight excluding hydrogens is 396 g/mol. The van der Waals surface area contributed by atoms with Crippen LogP contribution in [0.2, 0.25) is 0 Å². The first-order valence-corrected chi connectivity index (χ1v) is 9.58. The number of aromatic nitrogens is 1. The maximum absolute atomic E-state index is 13.4. The van der Waals surface area contributed by atoms with E-state index >= 15 is 0 Å². The standard InChI is InChI=1S/C24H16N2O5/c1-30-24(29)15-11-9-14(10-12-15)20-19-21(27)16-6-2-3-7-17(16)31-22(19)23(28)26(20)18-8-4-5-13-25-18/h2-13,20H,1H3. The number of benzene rings is 2. The van der Waals surface area contributed by atoms with Crippen molar-refractivity contribution in [2.75, 3.05) is 12.0 Å². The predicted octanol–water partition coefficient (Wildman–Crippen LogP) is 3.72. The number of rotatable bonds is 3. The van der Waals surface area contributed by atoms with E-state index in [4.69, 9.17) is 9.15 Å². The quantitative estimate of drug-likeness (QED) is 0.477. The van der Waals surface area contributed by atoms with Gasteiger partial charge in [-0.25, -0.2) is 9.78 Å². The van der Waals surface area contributed by atoms with Gasteiger partial charge in [0.1, 0.15) is 11.4 Å². The van der Waals surface area contributed by atoms with Crippen molar-refractivity contribution in [1.82, 2.24) is 4.98 Å². The predicted molar refractivity (Wildman–Crippen MR) is 113 cm³/mol. The van der Waals surface area contributed by atoms with Gasteiger partial charge in [0.2, 0.25) is 5.76 Å². The highest BCUT2D eigenvalue weighted by Crippen LogP contribution is 2.40. The van der Waals surface area contributed by atoms with Gasteiger partial charge < -0.3 is 9.15 Å². The molecule has 0 aliphatic carbocycles. The monoisotopic (exact) mass is 412 g/mol. The SMILES string of the molecule is COC(=O)c1ccc(C2c3c(oc4ccccc4c3=O)C(=O)N2c2ccccn2)cc1. The van der Waals surface area contributed by atoms with Crippen LogP contribution in [0.25, 0.3) is 11.0 Å². The van der Waals surface area contributed by atoms with Crippen molar-refractivity contribution in [1.29, 1.82) is 0 Å². The zero-order valence-electron chi connectivity index (χ0n) is 16.4. The van der Waals surface area contributed by atoms with Gasteiger partial charge >= 0.3 is 5.97 Å². The van der Waals surface area contributed by atoms with E-state index in [0.29, 0.717) is 27.9 Å². The molecule has 31 heavy (non-hydrogen) atoms. The topological polar surface area (TPSA) is 89.7 Å². The Morgan fingerprint density at radius 1 is 1.00 bits per heavy atom. The minimum atomic E-state index is -0.745. The lowest BCUT2D eigenvalue weighted by Crippen LogP contribution is -2.30. The lowest BCUT2D eigenvalue weighted by atomic mass is 9.97. The van der Waals surface area contributed by atoms with Crippen molar-refractivity contribution in [3.8, 4) is 0 Å². The summed E-state index contributed by atoms with van der Waals surface area (Å²) in [5, 5.41) is 0.396. The zero-order chi connectivity index (χ0) is 21.5. The maximum Gasteiger partial charge on any atom is 0.337 e. The van der Waals surface area contributed by atoms with Crippen molar-refractivity contribution in [2.24, 2.45) is 0 Å². The van der Waals surface area contributed by atoms with E-state index in [1.54, 1.807) is 72.9 Å². The first kappa shape index (κ1) is 18.7. The average Bonchev–Trinajstić information content (AvgIpc) is 3.12. The first-order valence-electron chi connectivity index (χ1n) is 9.58. The third-order valence-electron chi connectivity index (χ3n) is 5.32. The fraction of sp³-hybridized carbons (Fsp3) is 0.0833. The molecule has 0 radical (unpaired) electrons. The third-order valence-corrected chi connectivity index (χ3v) is 5.32. The number of anilines is 1. The van der Waals surface area contributed by atoms with Crippen LogP contribution in [-0.4, -0.2) is 24.0 Å². The summed E-state index contributed by atoms with van der Waals surface area (Å²) in [5.74, 6) is -0.527. The largest absolute Gasteiger partial charge is 0.465 e. The summed E-state index contributed by atoms with van der Waals surface area (Å²) < 4.78 is 10.6. The molecule has 1 aliphatic rings. The molecule has 0 bridgehead atoms. The fourth-order valence-corrected chi connectivity index (χ4v) is 3.89. The summed E-state index contributed by atoms with van der Waals surface area (Å²) in [7, 11) is 1.31. The molecule has 7 heteroatoms. The number of carbonyl (C=O) groups excluding carboxylic acids is 2. The lowest BCUT2D eigenvalue weighted by Gasteiger charge is -2.24. The van der Waals surface area contributed by atoms with Gasteiger partial charge in [-0.2, -0.15) is 0 Å².